The predicted molar refractivity (Wildman–Crippen MR) is 102 cm³/mol. The Kier molecular flexibility index (Phi) is 8.30. The predicted octanol–water partition coefficient (Wildman–Crippen LogP) is 5.95. The van der Waals surface area contributed by atoms with Crippen molar-refractivity contribution in [1.82, 2.24) is 0 Å². The van der Waals surface area contributed by atoms with Crippen LogP contribution in [0.15, 0.2) is 48.5 Å². The molecular formula is C23H26N2. The van der Waals surface area contributed by atoms with E-state index in [-0.39, 0.29) is 0 Å². The number of aryl methyl sites for hydroxylation is 2. The van der Waals surface area contributed by atoms with Gasteiger partial charge in [0, 0.05) is 0 Å². The highest BCUT2D eigenvalue weighted by Gasteiger charge is 1.97. The molecule has 0 unspecified atom stereocenters. The Morgan fingerprint density at radius 3 is 1.12 bits per heavy atom. The van der Waals surface area contributed by atoms with Crippen molar-refractivity contribution in [3.8, 4) is 12.1 Å². The molecule has 0 fully saturated rings. The molecule has 2 nitrogen and oxygen atoms in total. The topological polar surface area (TPSA) is 47.6 Å². The monoisotopic (exact) mass is 330 g/mol. The number of hydrogen-bond acceptors (Lipinski definition) is 2. The minimum Gasteiger partial charge on any atom is -0.192 e. The number of nitrogens with zero attached hydrogens (tertiary/aromatic N) is 2. The lowest BCUT2D eigenvalue weighted by molar-refractivity contribution is 0.579. The van der Waals surface area contributed by atoms with Gasteiger partial charge in [-0.05, 0) is 61.1 Å². The van der Waals surface area contributed by atoms with E-state index in [0.29, 0.717) is 0 Å². The molecule has 25 heavy (non-hydrogen) atoms. The molecule has 0 saturated carbocycles. The van der Waals surface area contributed by atoms with Crippen LogP contribution in [0.1, 0.15) is 67.2 Å². The fourth-order valence-electron chi connectivity index (χ4n) is 3.03. The highest BCUT2D eigenvalue weighted by atomic mass is 14.2. The average Bonchev–Trinajstić information content (AvgIpc) is 2.67. The third-order valence-corrected chi connectivity index (χ3v) is 4.60. The van der Waals surface area contributed by atoms with Crippen molar-refractivity contribution in [3.63, 3.8) is 0 Å². The molecule has 0 bridgehead atoms. The van der Waals surface area contributed by atoms with Gasteiger partial charge in [-0.15, -0.1) is 0 Å². The van der Waals surface area contributed by atoms with Gasteiger partial charge in [-0.3, -0.25) is 0 Å². The average molecular weight is 330 g/mol. The van der Waals surface area contributed by atoms with Gasteiger partial charge in [-0.25, -0.2) is 0 Å². The fourth-order valence-corrected chi connectivity index (χ4v) is 3.03. The quantitative estimate of drug-likeness (QED) is 0.506. The van der Waals surface area contributed by atoms with Gasteiger partial charge in [0.25, 0.3) is 0 Å². The highest BCUT2D eigenvalue weighted by Crippen LogP contribution is 2.13. The first kappa shape index (κ1) is 18.8. The number of unbranched alkanes of at least 4 members (excludes halogenated alkanes) is 6. The largest absolute Gasteiger partial charge is 0.192 e. The van der Waals surface area contributed by atoms with Gasteiger partial charge in [0.1, 0.15) is 0 Å². The summed E-state index contributed by atoms with van der Waals surface area (Å²) < 4.78 is 0. The van der Waals surface area contributed by atoms with Crippen LogP contribution in [0.4, 0.5) is 0 Å². The van der Waals surface area contributed by atoms with Crippen molar-refractivity contribution in [3.05, 3.63) is 70.8 Å². The molecule has 128 valence electrons. The lowest BCUT2D eigenvalue weighted by Gasteiger charge is -2.04. The lowest BCUT2D eigenvalue weighted by Crippen LogP contribution is -1.88. The lowest BCUT2D eigenvalue weighted by atomic mass is 10.0. The smallest absolute Gasteiger partial charge is 0.0991 e. The summed E-state index contributed by atoms with van der Waals surface area (Å²) in [5, 5.41) is 17.6. The summed E-state index contributed by atoms with van der Waals surface area (Å²) in [6, 6.07) is 20.2. The first-order chi connectivity index (χ1) is 12.3. The Hall–Kier alpha value is -2.58. The first-order valence-corrected chi connectivity index (χ1v) is 9.30. The summed E-state index contributed by atoms with van der Waals surface area (Å²) in [5.74, 6) is 0. The second-order valence-electron chi connectivity index (χ2n) is 6.59. The Morgan fingerprint density at radius 1 is 0.480 bits per heavy atom. The summed E-state index contributed by atoms with van der Waals surface area (Å²) >= 11 is 0. The van der Waals surface area contributed by atoms with E-state index in [1.807, 2.05) is 24.3 Å². The molecule has 2 heteroatoms. The minimum atomic E-state index is 0.741. The van der Waals surface area contributed by atoms with E-state index in [9.17, 15) is 0 Å². The van der Waals surface area contributed by atoms with Crippen molar-refractivity contribution in [1.29, 1.82) is 10.5 Å². The summed E-state index contributed by atoms with van der Waals surface area (Å²) in [6.07, 6.45) is 11.2. The summed E-state index contributed by atoms with van der Waals surface area (Å²) in [6.45, 7) is 0. The van der Waals surface area contributed by atoms with Crippen LogP contribution < -0.4 is 0 Å². The van der Waals surface area contributed by atoms with Gasteiger partial charge < -0.3 is 0 Å². The van der Waals surface area contributed by atoms with Crippen LogP contribution in [0.25, 0.3) is 0 Å². The first-order valence-electron chi connectivity index (χ1n) is 9.30. The molecule has 2 aromatic rings. The van der Waals surface area contributed by atoms with Crippen molar-refractivity contribution in [2.75, 3.05) is 0 Å². The highest BCUT2D eigenvalue weighted by molar-refractivity contribution is 5.32. The van der Waals surface area contributed by atoms with E-state index >= 15 is 0 Å². The Labute approximate surface area is 151 Å². The standard InChI is InChI=1S/C23H26N2/c24-18-22-14-10-20(11-15-22)8-6-4-2-1-3-5-7-9-21-12-16-23(19-25)17-13-21/h10-17H,1-9H2. The maximum Gasteiger partial charge on any atom is 0.0991 e. The molecule has 0 heterocycles. The van der Waals surface area contributed by atoms with Gasteiger partial charge in [0.2, 0.25) is 0 Å². The molecule has 0 radical (unpaired) electrons. The van der Waals surface area contributed by atoms with Crippen LogP contribution in [0.2, 0.25) is 0 Å². The van der Waals surface area contributed by atoms with E-state index in [1.165, 1.54) is 56.1 Å². The molecule has 0 atom stereocenters. The minimum absolute atomic E-state index is 0.741. The van der Waals surface area contributed by atoms with Gasteiger partial charge >= 0.3 is 0 Å². The van der Waals surface area contributed by atoms with Gasteiger partial charge in [0.15, 0.2) is 0 Å². The summed E-state index contributed by atoms with van der Waals surface area (Å²) in [5.41, 5.74) is 4.15. The van der Waals surface area contributed by atoms with Gasteiger partial charge in [-0.2, -0.15) is 10.5 Å². The molecule has 0 amide bonds. The molecule has 0 aliphatic rings. The Balaban J connectivity index is 1.46. The zero-order valence-corrected chi connectivity index (χ0v) is 14.9. The van der Waals surface area contributed by atoms with Crippen molar-refractivity contribution in [2.24, 2.45) is 0 Å². The van der Waals surface area contributed by atoms with Crippen LogP contribution in [0.5, 0.6) is 0 Å². The van der Waals surface area contributed by atoms with Crippen molar-refractivity contribution < 1.29 is 0 Å². The molecular weight excluding hydrogens is 304 g/mol. The molecule has 0 aliphatic heterocycles. The number of hydrogen-bond donors (Lipinski definition) is 0. The second kappa shape index (κ2) is 11.1. The number of benzene rings is 2. The van der Waals surface area contributed by atoms with E-state index < -0.39 is 0 Å². The maximum absolute atomic E-state index is 8.79. The Morgan fingerprint density at radius 2 is 0.800 bits per heavy atom. The van der Waals surface area contributed by atoms with Gasteiger partial charge in [-0.1, -0.05) is 56.4 Å². The zero-order valence-electron chi connectivity index (χ0n) is 14.9. The maximum atomic E-state index is 8.79. The van der Waals surface area contributed by atoms with Crippen LogP contribution >= 0.6 is 0 Å². The third-order valence-electron chi connectivity index (χ3n) is 4.60. The second-order valence-corrected chi connectivity index (χ2v) is 6.59. The normalized spacial score (nSPS) is 10.2. The third kappa shape index (κ3) is 7.23. The van der Waals surface area contributed by atoms with Gasteiger partial charge in [0.05, 0.1) is 23.3 Å². The Bertz CT molecular complexity index is 636. The number of nitriles is 2. The molecule has 0 spiro atoms. The molecule has 0 N–H and O–H groups in total. The SMILES string of the molecule is N#Cc1ccc(CCCCCCCCCc2ccc(C#N)cc2)cc1. The van der Waals surface area contributed by atoms with Crippen molar-refractivity contribution >= 4 is 0 Å². The van der Waals surface area contributed by atoms with E-state index in [1.54, 1.807) is 0 Å². The molecule has 2 rings (SSSR count). The van der Waals surface area contributed by atoms with Crippen molar-refractivity contribution in [2.45, 2.75) is 57.8 Å². The van der Waals surface area contributed by atoms with E-state index in [2.05, 4.69) is 36.4 Å². The van der Waals surface area contributed by atoms with Crippen LogP contribution in [-0.4, -0.2) is 0 Å². The van der Waals surface area contributed by atoms with E-state index in [4.69, 9.17) is 10.5 Å². The zero-order chi connectivity index (χ0) is 17.7. The van der Waals surface area contributed by atoms with E-state index in [0.717, 1.165) is 24.0 Å². The molecule has 0 aromatic heterocycles. The van der Waals surface area contributed by atoms with Crippen LogP contribution in [-0.2, 0) is 12.8 Å². The van der Waals surface area contributed by atoms with Crippen LogP contribution in [0, 0.1) is 22.7 Å². The number of rotatable bonds is 10. The molecule has 0 saturated heterocycles. The molecule has 0 aliphatic carbocycles. The fraction of sp³-hybridized carbons (Fsp3) is 0.391. The summed E-state index contributed by atoms with van der Waals surface area (Å²) in [4.78, 5) is 0. The van der Waals surface area contributed by atoms with Crippen LogP contribution in [0.3, 0.4) is 0 Å². The summed E-state index contributed by atoms with van der Waals surface area (Å²) in [7, 11) is 0. The molecule has 2 aromatic carbocycles.